The molecule has 0 amide bonds. The molecule has 0 fully saturated rings. The predicted octanol–water partition coefficient (Wildman–Crippen LogP) is 2.55. The first-order chi connectivity index (χ1) is 8.78. The van der Waals surface area contributed by atoms with Crippen molar-refractivity contribution in [2.45, 2.75) is 13.0 Å². The highest BCUT2D eigenvalue weighted by Gasteiger charge is 2.21. The smallest absolute Gasteiger partial charge is 0.349 e. The highest BCUT2D eigenvalue weighted by atomic mass is 32.1. The molecule has 1 aliphatic heterocycles. The van der Waals surface area contributed by atoms with Gasteiger partial charge in [-0.1, -0.05) is 11.3 Å². The fourth-order valence-electron chi connectivity index (χ4n) is 2.02. The molecule has 4 nitrogen and oxygen atoms in total. The monoisotopic (exact) mass is 280 g/mol. The Hall–Kier alpha value is -1.40. The van der Waals surface area contributed by atoms with Gasteiger partial charge in [0.15, 0.2) is 5.13 Å². The maximum Gasteiger partial charge on any atom is 0.349 e. The number of ether oxygens (including phenoxy) is 1. The molecule has 18 heavy (non-hydrogen) atoms. The van der Waals surface area contributed by atoms with Crippen LogP contribution in [0.4, 0.5) is 5.13 Å². The second-order valence-corrected chi connectivity index (χ2v) is 6.05. The Balaban J connectivity index is 1.80. The van der Waals surface area contributed by atoms with Crippen molar-refractivity contribution in [1.29, 1.82) is 0 Å². The molecule has 1 aliphatic rings. The molecule has 6 heteroatoms. The first-order valence-electron chi connectivity index (χ1n) is 5.62. The van der Waals surface area contributed by atoms with Gasteiger partial charge in [0.2, 0.25) is 0 Å². The number of hydrogen-bond acceptors (Lipinski definition) is 6. The predicted molar refractivity (Wildman–Crippen MR) is 72.5 cm³/mol. The van der Waals surface area contributed by atoms with Gasteiger partial charge in [-0.25, -0.2) is 9.78 Å². The summed E-state index contributed by atoms with van der Waals surface area (Å²) in [6.45, 7) is 1.84. The van der Waals surface area contributed by atoms with E-state index in [1.807, 2.05) is 11.3 Å². The van der Waals surface area contributed by atoms with Crippen molar-refractivity contribution in [3.05, 3.63) is 33.0 Å². The third-order valence-electron chi connectivity index (χ3n) is 2.96. The molecule has 0 bridgehead atoms. The van der Waals surface area contributed by atoms with Gasteiger partial charge >= 0.3 is 5.97 Å². The van der Waals surface area contributed by atoms with Crippen molar-refractivity contribution < 1.29 is 9.53 Å². The number of esters is 1. The molecule has 2 aromatic rings. The maximum absolute atomic E-state index is 11.4. The van der Waals surface area contributed by atoms with Gasteiger partial charge in [0.05, 0.1) is 13.3 Å². The van der Waals surface area contributed by atoms with Crippen LogP contribution >= 0.6 is 22.7 Å². The van der Waals surface area contributed by atoms with Crippen LogP contribution in [0.2, 0.25) is 0 Å². The van der Waals surface area contributed by atoms with E-state index in [1.54, 1.807) is 6.20 Å². The van der Waals surface area contributed by atoms with Crippen molar-refractivity contribution >= 4 is 33.8 Å². The average Bonchev–Trinajstić information content (AvgIpc) is 3.05. The highest BCUT2D eigenvalue weighted by Crippen LogP contribution is 2.30. The van der Waals surface area contributed by atoms with Crippen LogP contribution in [0.3, 0.4) is 0 Å². The molecule has 94 valence electrons. The van der Waals surface area contributed by atoms with Crippen molar-refractivity contribution in [3.63, 3.8) is 0 Å². The molecule has 0 saturated carbocycles. The fourth-order valence-corrected chi connectivity index (χ4v) is 3.77. The van der Waals surface area contributed by atoms with Crippen LogP contribution in [0.15, 0.2) is 17.6 Å². The number of thiophene rings is 1. The van der Waals surface area contributed by atoms with Gasteiger partial charge in [-0.15, -0.1) is 11.3 Å². The summed E-state index contributed by atoms with van der Waals surface area (Å²) < 4.78 is 4.70. The van der Waals surface area contributed by atoms with Crippen LogP contribution < -0.4 is 4.90 Å². The lowest BCUT2D eigenvalue weighted by Crippen LogP contribution is -2.29. The second-order valence-electron chi connectivity index (χ2n) is 4.04. The van der Waals surface area contributed by atoms with Gasteiger partial charge in [-0.05, 0) is 23.4 Å². The van der Waals surface area contributed by atoms with E-state index in [1.165, 1.54) is 28.9 Å². The van der Waals surface area contributed by atoms with Crippen LogP contribution in [-0.2, 0) is 17.7 Å². The molecule has 0 unspecified atom stereocenters. The largest absolute Gasteiger partial charge is 0.465 e. The summed E-state index contributed by atoms with van der Waals surface area (Å²) in [6.07, 6.45) is 2.65. The number of carbonyl (C=O) groups is 1. The van der Waals surface area contributed by atoms with E-state index in [9.17, 15) is 4.79 Å². The van der Waals surface area contributed by atoms with E-state index < -0.39 is 0 Å². The summed E-state index contributed by atoms with van der Waals surface area (Å²) in [5.74, 6) is -0.313. The lowest BCUT2D eigenvalue weighted by atomic mass is 10.1. The Morgan fingerprint density at radius 2 is 2.44 bits per heavy atom. The highest BCUT2D eigenvalue weighted by molar-refractivity contribution is 7.17. The minimum Gasteiger partial charge on any atom is -0.465 e. The number of hydrogen-bond donors (Lipinski definition) is 0. The van der Waals surface area contributed by atoms with E-state index in [0.29, 0.717) is 4.88 Å². The molecule has 0 aromatic carbocycles. The molecule has 0 radical (unpaired) electrons. The molecular formula is C12H12N2O2S2. The Labute approximate surface area is 113 Å². The van der Waals surface area contributed by atoms with Gasteiger partial charge in [0.25, 0.3) is 0 Å². The normalized spacial score (nSPS) is 14.4. The number of carbonyl (C=O) groups excluding carboxylic acids is 1. The fraction of sp³-hybridized carbons (Fsp3) is 0.333. The van der Waals surface area contributed by atoms with Gasteiger partial charge in [0.1, 0.15) is 4.88 Å². The number of fused-ring (bicyclic) bond motifs is 1. The first-order valence-corrected chi connectivity index (χ1v) is 7.32. The van der Waals surface area contributed by atoms with Gasteiger partial charge < -0.3 is 9.64 Å². The summed E-state index contributed by atoms with van der Waals surface area (Å²) in [6, 6.07) is 2.17. The van der Waals surface area contributed by atoms with E-state index in [-0.39, 0.29) is 5.97 Å². The van der Waals surface area contributed by atoms with Gasteiger partial charge in [-0.3, -0.25) is 0 Å². The number of aromatic nitrogens is 1. The topological polar surface area (TPSA) is 42.4 Å². The molecule has 0 atom stereocenters. The standard InChI is InChI=1S/C12H12N2O2S2/c1-16-11(15)10-6-13-12(18-10)14-4-2-9-8(7-14)3-5-17-9/h3,5-6H,2,4,7H2,1H3. The summed E-state index contributed by atoms with van der Waals surface area (Å²) in [4.78, 5) is 20.0. The molecule has 3 heterocycles. The SMILES string of the molecule is COC(=O)c1cnc(N2CCc3sccc3C2)s1. The van der Waals surface area contributed by atoms with E-state index >= 15 is 0 Å². The third kappa shape index (κ3) is 2.02. The zero-order valence-corrected chi connectivity index (χ0v) is 11.5. The quantitative estimate of drug-likeness (QED) is 0.793. The van der Waals surface area contributed by atoms with Crippen LogP contribution in [0.25, 0.3) is 0 Å². The molecule has 0 spiro atoms. The molecular weight excluding hydrogens is 268 g/mol. The van der Waals surface area contributed by atoms with Crippen molar-refractivity contribution in [1.82, 2.24) is 4.98 Å². The number of thiazole rings is 1. The van der Waals surface area contributed by atoms with E-state index in [4.69, 9.17) is 4.74 Å². The number of rotatable bonds is 2. The minimum atomic E-state index is -0.313. The van der Waals surface area contributed by atoms with Crippen LogP contribution in [0, 0.1) is 0 Å². The second kappa shape index (κ2) is 4.70. The van der Waals surface area contributed by atoms with E-state index in [2.05, 4.69) is 21.3 Å². The Bertz CT molecular complexity index is 576. The number of nitrogens with zero attached hydrogens (tertiary/aromatic N) is 2. The van der Waals surface area contributed by atoms with Gasteiger partial charge in [-0.2, -0.15) is 0 Å². The van der Waals surface area contributed by atoms with Crippen LogP contribution in [0.5, 0.6) is 0 Å². The minimum absolute atomic E-state index is 0.313. The van der Waals surface area contributed by atoms with Gasteiger partial charge in [0, 0.05) is 18.0 Å². The average molecular weight is 280 g/mol. The summed E-state index contributed by atoms with van der Waals surface area (Å²) in [5.41, 5.74) is 1.38. The summed E-state index contributed by atoms with van der Waals surface area (Å²) in [5, 5.41) is 3.03. The summed E-state index contributed by atoms with van der Waals surface area (Å²) >= 11 is 3.21. The number of methoxy groups -OCH3 is 1. The van der Waals surface area contributed by atoms with Crippen molar-refractivity contribution in [2.75, 3.05) is 18.6 Å². The third-order valence-corrected chi connectivity index (χ3v) is 5.02. The van der Waals surface area contributed by atoms with Crippen molar-refractivity contribution in [2.24, 2.45) is 0 Å². The Morgan fingerprint density at radius 1 is 1.56 bits per heavy atom. The molecule has 2 aromatic heterocycles. The zero-order chi connectivity index (χ0) is 12.5. The zero-order valence-electron chi connectivity index (χ0n) is 9.88. The molecule has 3 rings (SSSR count). The van der Waals surface area contributed by atoms with Crippen molar-refractivity contribution in [3.8, 4) is 0 Å². The van der Waals surface area contributed by atoms with E-state index in [0.717, 1.165) is 24.6 Å². The lowest BCUT2D eigenvalue weighted by Gasteiger charge is -2.26. The first kappa shape index (κ1) is 11.7. The van der Waals surface area contributed by atoms with Crippen LogP contribution in [-0.4, -0.2) is 24.6 Å². The molecule has 0 N–H and O–H groups in total. The van der Waals surface area contributed by atoms with Crippen LogP contribution in [0.1, 0.15) is 20.1 Å². The molecule has 0 aliphatic carbocycles. The maximum atomic E-state index is 11.4. The molecule has 0 saturated heterocycles. The Kier molecular flexibility index (Phi) is 3.05. The lowest BCUT2D eigenvalue weighted by molar-refractivity contribution is 0.0606. The number of anilines is 1. The Morgan fingerprint density at radius 3 is 3.28 bits per heavy atom. The summed E-state index contributed by atoms with van der Waals surface area (Å²) in [7, 11) is 1.39.